The molecule has 7 heteroatoms. The summed E-state index contributed by atoms with van der Waals surface area (Å²) in [6, 6.07) is 10.8. The summed E-state index contributed by atoms with van der Waals surface area (Å²) in [5, 5.41) is 2.67. The molecule has 0 bridgehead atoms. The van der Waals surface area contributed by atoms with E-state index in [9.17, 15) is 13.6 Å². The fraction of sp³-hybridized carbons (Fsp3) is 0.350. The number of ether oxygens (including phenoxy) is 2. The average Bonchev–Trinajstić information content (AvgIpc) is 2.69. The molecule has 5 nitrogen and oxygen atoms in total. The fourth-order valence-corrected chi connectivity index (χ4v) is 3.17. The van der Waals surface area contributed by atoms with Gasteiger partial charge in [0.2, 0.25) is 0 Å². The minimum atomic E-state index is -0.875. The van der Waals surface area contributed by atoms with Crippen LogP contribution in [0.2, 0.25) is 0 Å². The van der Waals surface area contributed by atoms with Gasteiger partial charge in [-0.2, -0.15) is 0 Å². The van der Waals surface area contributed by atoms with Gasteiger partial charge in [-0.1, -0.05) is 18.2 Å². The Balaban J connectivity index is 1.77. The first-order valence-electron chi connectivity index (χ1n) is 8.78. The van der Waals surface area contributed by atoms with Crippen LogP contribution < -0.4 is 10.1 Å². The molecule has 1 unspecified atom stereocenters. The molecule has 1 fully saturated rings. The highest BCUT2D eigenvalue weighted by Crippen LogP contribution is 2.24. The van der Waals surface area contributed by atoms with Gasteiger partial charge in [-0.3, -0.25) is 9.69 Å². The van der Waals surface area contributed by atoms with Crippen molar-refractivity contribution in [3.8, 4) is 5.75 Å². The zero-order valence-electron chi connectivity index (χ0n) is 15.1. The largest absolute Gasteiger partial charge is 0.497 e. The number of nitrogens with zero attached hydrogens (tertiary/aromatic N) is 1. The van der Waals surface area contributed by atoms with Crippen LogP contribution in [0.3, 0.4) is 0 Å². The van der Waals surface area contributed by atoms with Crippen LogP contribution in [0.1, 0.15) is 22.0 Å². The molecule has 1 atom stereocenters. The minimum absolute atomic E-state index is 0.140. The van der Waals surface area contributed by atoms with E-state index in [2.05, 4.69) is 10.2 Å². The maximum Gasteiger partial charge on any atom is 0.257 e. The molecule has 0 aliphatic carbocycles. The zero-order valence-corrected chi connectivity index (χ0v) is 15.1. The Kier molecular flexibility index (Phi) is 6.36. The van der Waals surface area contributed by atoms with E-state index in [1.165, 1.54) is 6.07 Å². The molecule has 0 saturated carbocycles. The number of hydrogen-bond acceptors (Lipinski definition) is 4. The third-order valence-corrected chi connectivity index (χ3v) is 4.63. The third kappa shape index (κ3) is 4.61. The van der Waals surface area contributed by atoms with E-state index in [1.807, 2.05) is 24.3 Å². The molecule has 0 radical (unpaired) electrons. The van der Waals surface area contributed by atoms with Crippen molar-refractivity contribution in [1.82, 2.24) is 10.2 Å². The maximum atomic E-state index is 13.8. The second-order valence-corrected chi connectivity index (χ2v) is 6.24. The SMILES string of the molecule is COc1ccc(C(CNC(=O)c2c(F)cccc2F)N2CCOCC2)cc1. The smallest absolute Gasteiger partial charge is 0.257 e. The predicted molar refractivity (Wildman–Crippen MR) is 96.8 cm³/mol. The van der Waals surface area contributed by atoms with E-state index < -0.39 is 23.1 Å². The number of methoxy groups -OCH3 is 1. The Morgan fingerprint density at radius 2 is 1.78 bits per heavy atom. The summed E-state index contributed by atoms with van der Waals surface area (Å²) in [5.41, 5.74) is 0.417. The molecule has 3 rings (SSSR count). The van der Waals surface area contributed by atoms with Gasteiger partial charge < -0.3 is 14.8 Å². The van der Waals surface area contributed by atoms with Gasteiger partial charge in [0, 0.05) is 19.6 Å². The molecule has 1 aliphatic heterocycles. The summed E-state index contributed by atoms with van der Waals surface area (Å²) < 4.78 is 38.3. The normalized spacial score (nSPS) is 16.0. The zero-order chi connectivity index (χ0) is 19.2. The average molecular weight is 376 g/mol. The van der Waals surface area contributed by atoms with Crippen LogP contribution in [0.15, 0.2) is 42.5 Å². The molecule has 27 heavy (non-hydrogen) atoms. The van der Waals surface area contributed by atoms with Gasteiger partial charge >= 0.3 is 0 Å². The number of carbonyl (C=O) groups is 1. The molecule has 0 spiro atoms. The number of amides is 1. The maximum absolute atomic E-state index is 13.8. The first kappa shape index (κ1) is 19.3. The molecule has 1 amide bonds. The van der Waals surface area contributed by atoms with Gasteiger partial charge in [0.25, 0.3) is 5.91 Å². The Morgan fingerprint density at radius 3 is 2.37 bits per heavy atom. The van der Waals surface area contributed by atoms with E-state index in [0.29, 0.717) is 26.3 Å². The number of halogens is 2. The van der Waals surface area contributed by atoms with Gasteiger partial charge in [0.05, 0.1) is 26.4 Å². The summed E-state index contributed by atoms with van der Waals surface area (Å²) >= 11 is 0. The van der Waals surface area contributed by atoms with Crippen LogP contribution in [0.4, 0.5) is 8.78 Å². The lowest BCUT2D eigenvalue weighted by Gasteiger charge is -2.35. The quantitative estimate of drug-likeness (QED) is 0.842. The highest BCUT2D eigenvalue weighted by Gasteiger charge is 2.25. The molecule has 1 saturated heterocycles. The molecule has 0 aromatic heterocycles. The first-order valence-corrected chi connectivity index (χ1v) is 8.78. The Bertz CT molecular complexity index is 757. The third-order valence-electron chi connectivity index (χ3n) is 4.63. The molecule has 1 aliphatic rings. The molecule has 2 aromatic rings. The minimum Gasteiger partial charge on any atom is -0.497 e. The molecule has 2 aromatic carbocycles. The number of morpholine rings is 1. The standard InChI is InChI=1S/C20H22F2N2O3/c1-26-15-7-5-14(6-8-15)18(24-9-11-27-12-10-24)13-23-20(25)19-16(21)3-2-4-17(19)22/h2-8,18H,9-13H2,1H3,(H,23,25). The van der Waals surface area contributed by atoms with E-state index in [4.69, 9.17) is 9.47 Å². The summed E-state index contributed by atoms with van der Waals surface area (Å²) in [6.07, 6.45) is 0. The lowest BCUT2D eigenvalue weighted by molar-refractivity contribution is 0.0162. The van der Waals surface area contributed by atoms with E-state index in [-0.39, 0.29) is 12.6 Å². The molecular formula is C20H22F2N2O3. The summed E-state index contributed by atoms with van der Waals surface area (Å²) in [7, 11) is 1.59. The van der Waals surface area contributed by atoms with Crippen molar-refractivity contribution in [3.63, 3.8) is 0 Å². The van der Waals surface area contributed by atoms with Gasteiger partial charge in [0.15, 0.2) is 0 Å². The monoisotopic (exact) mass is 376 g/mol. The second kappa shape index (κ2) is 8.92. The first-order chi connectivity index (χ1) is 13.1. The lowest BCUT2D eigenvalue weighted by atomic mass is 10.0. The summed E-state index contributed by atoms with van der Waals surface area (Å²) in [5.74, 6) is -1.78. The van der Waals surface area contributed by atoms with E-state index in [1.54, 1.807) is 7.11 Å². The van der Waals surface area contributed by atoms with Crippen molar-refractivity contribution in [2.45, 2.75) is 6.04 Å². The Morgan fingerprint density at radius 1 is 1.15 bits per heavy atom. The fourth-order valence-electron chi connectivity index (χ4n) is 3.17. The van der Waals surface area contributed by atoms with Crippen LogP contribution in [-0.4, -0.2) is 50.8 Å². The van der Waals surface area contributed by atoms with Crippen molar-refractivity contribution in [2.75, 3.05) is 40.0 Å². The Labute approximate surface area is 156 Å². The molecule has 144 valence electrons. The Hall–Kier alpha value is -2.51. The number of carbonyl (C=O) groups excluding carboxylic acids is 1. The van der Waals surface area contributed by atoms with Crippen LogP contribution in [0, 0.1) is 11.6 Å². The molecule has 1 heterocycles. The van der Waals surface area contributed by atoms with Crippen LogP contribution in [-0.2, 0) is 4.74 Å². The van der Waals surface area contributed by atoms with Gasteiger partial charge in [-0.25, -0.2) is 8.78 Å². The molecule has 1 N–H and O–H groups in total. The van der Waals surface area contributed by atoms with Crippen molar-refractivity contribution >= 4 is 5.91 Å². The predicted octanol–water partition coefficient (Wildman–Crippen LogP) is 2.78. The number of benzene rings is 2. The van der Waals surface area contributed by atoms with E-state index >= 15 is 0 Å². The van der Waals surface area contributed by atoms with Crippen molar-refractivity contribution in [3.05, 3.63) is 65.2 Å². The van der Waals surface area contributed by atoms with Gasteiger partial charge in [-0.15, -0.1) is 0 Å². The van der Waals surface area contributed by atoms with E-state index in [0.717, 1.165) is 23.4 Å². The van der Waals surface area contributed by atoms with Crippen molar-refractivity contribution < 1.29 is 23.0 Å². The molecular weight excluding hydrogens is 354 g/mol. The highest BCUT2D eigenvalue weighted by atomic mass is 19.1. The number of hydrogen-bond donors (Lipinski definition) is 1. The highest BCUT2D eigenvalue weighted by molar-refractivity contribution is 5.94. The van der Waals surface area contributed by atoms with Crippen LogP contribution in [0.25, 0.3) is 0 Å². The number of rotatable bonds is 6. The van der Waals surface area contributed by atoms with Crippen molar-refractivity contribution in [2.24, 2.45) is 0 Å². The topological polar surface area (TPSA) is 50.8 Å². The van der Waals surface area contributed by atoms with Gasteiger partial charge in [-0.05, 0) is 29.8 Å². The summed E-state index contributed by atoms with van der Waals surface area (Å²) in [4.78, 5) is 14.5. The van der Waals surface area contributed by atoms with Crippen LogP contribution in [0.5, 0.6) is 5.75 Å². The second-order valence-electron chi connectivity index (χ2n) is 6.24. The van der Waals surface area contributed by atoms with Gasteiger partial charge in [0.1, 0.15) is 22.9 Å². The van der Waals surface area contributed by atoms with Crippen molar-refractivity contribution in [1.29, 1.82) is 0 Å². The van der Waals surface area contributed by atoms with Crippen LogP contribution >= 0.6 is 0 Å². The lowest BCUT2D eigenvalue weighted by Crippen LogP contribution is -2.44. The number of nitrogens with one attached hydrogen (secondary N) is 1. The summed E-state index contributed by atoms with van der Waals surface area (Å²) in [6.45, 7) is 2.84.